The predicted octanol–water partition coefficient (Wildman–Crippen LogP) is 2.45. The van der Waals surface area contributed by atoms with E-state index in [0.717, 1.165) is 12.0 Å². The fraction of sp³-hybridized carbons (Fsp3) is 0.538. The summed E-state index contributed by atoms with van der Waals surface area (Å²) in [7, 11) is 0. The molecule has 0 spiro atoms. The lowest BCUT2D eigenvalue weighted by Crippen LogP contribution is -2.37. The predicted molar refractivity (Wildman–Crippen MR) is 66.9 cm³/mol. The van der Waals surface area contributed by atoms with Gasteiger partial charge in [-0.3, -0.25) is 11.3 Å². The average molecular weight is 240 g/mol. The fourth-order valence-electron chi connectivity index (χ4n) is 1.94. The molecule has 2 atom stereocenters. The van der Waals surface area contributed by atoms with Crippen LogP contribution in [0.3, 0.4) is 0 Å². The Morgan fingerprint density at radius 3 is 2.59 bits per heavy atom. The van der Waals surface area contributed by atoms with Crippen LogP contribution in [0.1, 0.15) is 37.4 Å². The highest BCUT2D eigenvalue weighted by atomic mass is 19.1. The number of hydrogen-bond acceptors (Lipinski definition) is 3. The summed E-state index contributed by atoms with van der Waals surface area (Å²) in [6.07, 6.45) is 0.842. The van der Waals surface area contributed by atoms with Crippen molar-refractivity contribution in [2.45, 2.75) is 39.3 Å². The monoisotopic (exact) mass is 240 g/mol. The maximum Gasteiger partial charge on any atom is 0.126 e. The van der Waals surface area contributed by atoms with Gasteiger partial charge >= 0.3 is 0 Å². The molecule has 96 valence electrons. The zero-order chi connectivity index (χ0) is 12.8. The molecule has 0 saturated heterocycles. The maximum absolute atomic E-state index is 13.2. The topological polar surface area (TPSA) is 47.3 Å². The summed E-state index contributed by atoms with van der Waals surface area (Å²) >= 11 is 0. The second kappa shape index (κ2) is 6.69. The summed E-state index contributed by atoms with van der Waals surface area (Å²) in [4.78, 5) is 0. The largest absolute Gasteiger partial charge is 0.376 e. The Labute approximate surface area is 102 Å². The van der Waals surface area contributed by atoms with Crippen LogP contribution in [0.5, 0.6) is 0 Å². The summed E-state index contributed by atoms with van der Waals surface area (Å²) in [6.45, 7) is 6.37. The van der Waals surface area contributed by atoms with Crippen molar-refractivity contribution < 1.29 is 9.13 Å². The van der Waals surface area contributed by atoms with Crippen LogP contribution in [0.15, 0.2) is 18.2 Å². The Hall–Kier alpha value is -0.970. The van der Waals surface area contributed by atoms with Crippen LogP contribution >= 0.6 is 0 Å². The van der Waals surface area contributed by atoms with E-state index in [1.807, 2.05) is 19.9 Å². The van der Waals surface area contributed by atoms with Crippen molar-refractivity contribution >= 4 is 0 Å². The Morgan fingerprint density at radius 2 is 2.12 bits per heavy atom. The summed E-state index contributed by atoms with van der Waals surface area (Å²) < 4.78 is 18.8. The van der Waals surface area contributed by atoms with Crippen LogP contribution in [0.2, 0.25) is 0 Å². The number of rotatable bonds is 6. The van der Waals surface area contributed by atoms with Crippen LogP contribution in [-0.2, 0) is 4.74 Å². The van der Waals surface area contributed by atoms with E-state index in [1.54, 1.807) is 13.0 Å². The molecule has 17 heavy (non-hydrogen) atoms. The van der Waals surface area contributed by atoms with Gasteiger partial charge in [-0.05, 0) is 37.5 Å². The van der Waals surface area contributed by atoms with Crippen LogP contribution in [0, 0.1) is 12.7 Å². The molecule has 0 bridgehead atoms. The normalized spacial score (nSPS) is 14.6. The molecule has 1 aromatic rings. The van der Waals surface area contributed by atoms with Crippen LogP contribution < -0.4 is 11.3 Å². The molecule has 0 amide bonds. The molecule has 1 aromatic carbocycles. The molecule has 3 nitrogen and oxygen atoms in total. The van der Waals surface area contributed by atoms with Crippen molar-refractivity contribution in [1.29, 1.82) is 0 Å². The first-order valence-electron chi connectivity index (χ1n) is 5.97. The van der Waals surface area contributed by atoms with E-state index < -0.39 is 0 Å². The van der Waals surface area contributed by atoms with Crippen molar-refractivity contribution in [3.8, 4) is 0 Å². The number of hydrogen-bond donors (Lipinski definition) is 2. The second-order valence-corrected chi connectivity index (χ2v) is 4.06. The molecule has 4 heteroatoms. The number of aryl methyl sites for hydroxylation is 1. The van der Waals surface area contributed by atoms with Crippen LogP contribution in [-0.4, -0.2) is 12.7 Å². The highest BCUT2D eigenvalue weighted by molar-refractivity contribution is 5.27. The molecule has 0 aliphatic carbocycles. The number of halogens is 1. The van der Waals surface area contributed by atoms with Gasteiger partial charge in [0.1, 0.15) is 5.82 Å². The van der Waals surface area contributed by atoms with E-state index in [0.29, 0.717) is 12.2 Å². The summed E-state index contributed by atoms with van der Waals surface area (Å²) in [6, 6.07) is 4.91. The van der Waals surface area contributed by atoms with Crippen LogP contribution in [0.25, 0.3) is 0 Å². The molecule has 0 radical (unpaired) electrons. The molecule has 2 unspecified atom stereocenters. The molecule has 0 saturated carbocycles. The minimum absolute atomic E-state index is 0.00476. The van der Waals surface area contributed by atoms with Gasteiger partial charge in [0, 0.05) is 6.61 Å². The van der Waals surface area contributed by atoms with Crippen molar-refractivity contribution in [1.82, 2.24) is 5.43 Å². The number of benzene rings is 1. The Balaban J connectivity index is 2.95. The van der Waals surface area contributed by atoms with E-state index in [2.05, 4.69) is 5.43 Å². The van der Waals surface area contributed by atoms with E-state index in [9.17, 15) is 4.39 Å². The lowest BCUT2D eigenvalue weighted by Gasteiger charge is -2.26. The number of nitrogens with two attached hydrogens (primary N) is 1. The van der Waals surface area contributed by atoms with E-state index in [4.69, 9.17) is 10.6 Å². The summed E-state index contributed by atoms with van der Waals surface area (Å²) in [5.41, 5.74) is 4.32. The first kappa shape index (κ1) is 14.1. The maximum atomic E-state index is 13.2. The van der Waals surface area contributed by atoms with E-state index in [1.165, 1.54) is 6.07 Å². The Bertz CT molecular complexity index is 357. The van der Waals surface area contributed by atoms with Gasteiger partial charge in [0.15, 0.2) is 0 Å². The molecular weight excluding hydrogens is 219 g/mol. The third kappa shape index (κ3) is 3.49. The van der Waals surface area contributed by atoms with Crippen molar-refractivity contribution in [2.24, 2.45) is 5.84 Å². The summed E-state index contributed by atoms with van der Waals surface area (Å²) in [5.74, 6) is 5.38. The van der Waals surface area contributed by atoms with Crippen molar-refractivity contribution in [2.75, 3.05) is 6.61 Å². The van der Waals surface area contributed by atoms with Crippen molar-refractivity contribution in [3.63, 3.8) is 0 Å². The minimum atomic E-state index is -0.200. The first-order valence-corrected chi connectivity index (χ1v) is 5.97. The van der Waals surface area contributed by atoms with Gasteiger partial charge in [-0.25, -0.2) is 4.39 Å². The Kier molecular flexibility index (Phi) is 5.55. The standard InChI is InChI=1S/C13H21FN2O/c1-4-12(17-5-2)13(16-15)10-6-7-11(14)9(3)8-10/h6-8,12-13,16H,4-5,15H2,1-3H3. The molecule has 1 rings (SSSR count). The van der Waals surface area contributed by atoms with Gasteiger partial charge in [-0.15, -0.1) is 0 Å². The van der Waals surface area contributed by atoms with Gasteiger partial charge in [0.05, 0.1) is 12.1 Å². The highest BCUT2D eigenvalue weighted by Gasteiger charge is 2.21. The quantitative estimate of drug-likeness (QED) is 0.593. The smallest absolute Gasteiger partial charge is 0.126 e. The third-order valence-electron chi connectivity index (χ3n) is 2.88. The van der Waals surface area contributed by atoms with E-state index in [-0.39, 0.29) is 18.0 Å². The molecule has 0 aliphatic heterocycles. The number of hydrazine groups is 1. The molecule has 0 heterocycles. The van der Waals surface area contributed by atoms with Crippen molar-refractivity contribution in [3.05, 3.63) is 35.1 Å². The SMILES string of the molecule is CCOC(CC)C(NN)c1ccc(F)c(C)c1. The molecule has 0 aromatic heterocycles. The molecule has 0 aliphatic rings. The van der Waals surface area contributed by atoms with Gasteiger partial charge in [-0.1, -0.05) is 19.1 Å². The highest BCUT2D eigenvalue weighted by Crippen LogP contribution is 2.22. The molecule has 0 fully saturated rings. The number of nitrogens with one attached hydrogen (secondary N) is 1. The van der Waals surface area contributed by atoms with Gasteiger partial charge in [-0.2, -0.15) is 0 Å². The van der Waals surface area contributed by atoms with E-state index >= 15 is 0 Å². The lowest BCUT2D eigenvalue weighted by molar-refractivity contribution is 0.0314. The molecule has 3 N–H and O–H groups in total. The third-order valence-corrected chi connectivity index (χ3v) is 2.88. The average Bonchev–Trinajstić information content (AvgIpc) is 2.33. The summed E-state index contributed by atoms with van der Waals surface area (Å²) in [5, 5.41) is 0. The van der Waals surface area contributed by atoms with Gasteiger partial charge in [0.2, 0.25) is 0 Å². The first-order chi connectivity index (χ1) is 8.13. The lowest BCUT2D eigenvalue weighted by atomic mass is 9.98. The zero-order valence-corrected chi connectivity index (χ0v) is 10.7. The van der Waals surface area contributed by atoms with Gasteiger partial charge < -0.3 is 4.74 Å². The Morgan fingerprint density at radius 1 is 1.41 bits per heavy atom. The fourth-order valence-corrected chi connectivity index (χ4v) is 1.94. The second-order valence-electron chi connectivity index (χ2n) is 4.06. The van der Waals surface area contributed by atoms with Crippen LogP contribution in [0.4, 0.5) is 4.39 Å². The minimum Gasteiger partial charge on any atom is -0.376 e. The molecular formula is C13H21FN2O. The number of ether oxygens (including phenoxy) is 1. The van der Waals surface area contributed by atoms with Gasteiger partial charge in [0.25, 0.3) is 0 Å². The zero-order valence-electron chi connectivity index (χ0n) is 10.7.